The lowest BCUT2D eigenvalue weighted by Crippen LogP contribution is -2.36. The van der Waals surface area contributed by atoms with Gasteiger partial charge in [0, 0.05) is 33.2 Å². The third-order valence-corrected chi connectivity index (χ3v) is 2.41. The van der Waals surface area contributed by atoms with Crippen molar-refractivity contribution in [2.24, 2.45) is 0 Å². The molecule has 106 valence electrons. The monoisotopic (exact) mass is 260 g/mol. The molecular formula is C12H24N2O4. The maximum absolute atomic E-state index is 11.2. The van der Waals surface area contributed by atoms with Crippen LogP contribution in [0.5, 0.6) is 0 Å². The Bertz CT molecular complexity index is 234. The van der Waals surface area contributed by atoms with Gasteiger partial charge in [-0.15, -0.1) is 0 Å². The summed E-state index contributed by atoms with van der Waals surface area (Å²) >= 11 is 0. The number of ether oxygens (including phenoxy) is 1. The van der Waals surface area contributed by atoms with Gasteiger partial charge in [-0.2, -0.15) is 0 Å². The molecule has 0 atom stereocenters. The Morgan fingerprint density at radius 2 is 1.61 bits per heavy atom. The molecule has 6 nitrogen and oxygen atoms in total. The fourth-order valence-electron chi connectivity index (χ4n) is 1.44. The van der Waals surface area contributed by atoms with E-state index in [4.69, 9.17) is 9.84 Å². The summed E-state index contributed by atoms with van der Waals surface area (Å²) in [5, 5.41) is 13.9. The molecular weight excluding hydrogens is 236 g/mol. The molecule has 18 heavy (non-hydrogen) atoms. The van der Waals surface area contributed by atoms with Gasteiger partial charge in [-0.25, -0.2) is 4.79 Å². The zero-order valence-corrected chi connectivity index (χ0v) is 11.0. The normalized spacial score (nSPS) is 10.1. The van der Waals surface area contributed by atoms with Crippen molar-refractivity contribution < 1.29 is 19.4 Å². The van der Waals surface area contributed by atoms with Crippen molar-refractivity contribution in [2.45, 2.75) is 38.5 Å². The summed E-state index contributed by atoms with van der Waals surface area (Å²) in [6.07, 6.45) is 4.46. The smallest absolute Gasteiger partial charge is 0.314 e. The predicted octanol–water partition coefficient (Wildman–Crippen LogP) is 1.36. The summed E-state index contributed by atoms with van der Waals surface area (Å²) in [5.74, 6) is -0.747. The average molecular weight is 260 g/mol. The van der Waals surface area contributed by atoms with Gasteiger partial charge in [0.25, 0.3) is 0 Å². The molecule has 0 bridgehead atoms. The van der Waals surface area contributed by atoms with Crippen LogP contribution in [0, 0.1) is 0 Å². The Morgan fingerprint density at radius 3 is 2.22 bits per heavy atom. The Kier molecular flexibility index (Phi) is 11.3. The van der Waals surface area contributed by atoms with Crippen LogP contribution in [0.4, 0.5) is 4.79 Å². The lowest BCUT2D eigenvalue weighted by atomic mass is 10.1. The van der Waals surface area contributed by atoms with E-state index in [9.17, 15) is 9.59 Å². The number of rotatable bonds is 11. The van der Waals surface area contributed by atoms with Crippen molar-refractivity contribution in [1.82, 2.24) is 10.6 Å². The molecule has 6 heteroatoms. The van der Waals surface area contributed by atoms with Crippen molar-refractivity contribution in [2.75, 3.05) is 26.8 Å². The molecule has 0 aliphatic rings. The summed E-state index contributed by atoms with van der Waals surface area (Å²) in [7, 11) is 1.63. The van der Waals surface area contributed by atoms with Gasteiger partial charge in [0.2, 0.25) is 0 Å². The molecule has 2 amide bonds. The van der Waals surface area contributed by atoms with E-state index in [1.807, 2.05) is 0 Å². The van der Waals surface area contributed by atoms with E-state index in [0.29, 0.717) is 26.1 Å². The first-order chi connectivity index (χ1) is 8.66. The van der Waals surface area contributed by atoms with E-state index in [2.05, 4.69) is 10.6 Å². The summed E-state index contributed by atoms with van der Waals surface area (Å²) in [6.45, 7) is 1.88. The van der Waals surface area contributed by atoms with Gasteiger partial charge in [-0.1, -0.05) is 12.8 Å². The highest BCUT2D eigenvalue weighted by molar-refractivity contribution is 5.73. The molecule has 3 N–H and O–H groups in total. The second kappa shape index (κ2) is 12.2. The number of unbranched alkanes of at least 4 members (excludes halogenated alkanes) is 3. The van der Waals surface area contributed by atoms with Crippen LogP contribution >= 0.6 is 0 Å². The van der Waals surface area contributed by atoms with Crippen LogP contribution in [-0.4, -0.2) is 43.9 Å². The molecule has 0 aliphatic heterocycles. The molecule has 0 unspecified atom stereocenters. The Morgan fingerprint density at radius 1 is 1.00 bits per heavy atom. The molecule has 0 saturated carbocycles. The first-order valence-corrected chi connectivity index (χ1v) is 6.39. The van der Waals surface area contributed by atoms with Crippen molar-refractivity contribution >= 4 is 12.0 Å². The zero-order chi connectivity index (χ0) is 13.6. The van der Waals surface area contributed by atoms with E-state index in [-0.39, 0.29) is 12.5 Å². The number of amides is 2. The molecule has 0 rings (SSSR count). The number of hydrogen-bond acceptors (Lipinski definition) is 3. The lowest BCUT2D eigenvalue weighted by molar-refractivity contribution is -0.137. The fourth-order valence-corrected chi connectivity index (χ4v) is 1.44. The maximum atomic E-state index is 11.2. The van der Waals surface area contributed by atoms with E-state index < -0.39 is 5.97 Å². The fraction of sp³-hybridized carbons (Fsp3) is 0.833. The number of carboxylic acids is 1. The number of urea groups is 1. The summed E-state index contributed by atoms with van der Waals surface area (Å²) in [5.41, 5.74) is 0. The first-order valence-electron chi connectivity index (χ1n) is 6.39. The zero-order valence-electron chi connectivity index (χ0n) is 11.0. The van der Waals surface area contributed by atoms with Gasteiger partial charge in [0.05, 0.1) is 0 Å². The van der Waals surface area contributed by atoms with Crippen molar-refractivity contribution in [3.05, 3.63) is 0 Å². The van der Waals surface area contributed by atoms with Crippen molar-refractivity contribution in [3.63, 3.8) is 0 Å². The average Bonchev–Trinajstić information content (AvgIpc) is 2.33. The number of carbonyl (C=O) groups is 2. The van der Waals surface area contributed by atoms with Gasteiger partial charge in [0.1, 0.15) is 0 Å². The third kappa shape index (κ3) is 12.8. The minimum absolute atomic E-state index is 0.156. The van der Waals surface area contributed by atoms with Crippen LogP contribution in [0.2, 0.25) is 0 Å². The Labute approximate surface area is 108 Å². The third-order valence-electron chi connectivity index (χ3n) is 2.41. The molecule has 0 spiro atoms. The summed E-state index contributed by atoms with van der Waals surface area (Å²) in [4.78, 5) is 21.5. The number of nitrogens with one attached hydrogen (secondary N) is 2. The molecule has 0 aromatic heterocycles. The highest BCUT2D eigenvalue weighted by Gasteiger charge is 1.99. The van der Waals surface area contributed by atoms with Crippen LogP contribution in [-0.2, 0) is 9.53 Å². The number of carbonyl (C=O) groups excluding carboxylic acids is 1. The molecule has 0 fully saturated rings. The largest absolute Gasteiger partial charge is 0.481 e. The minimum Gasteiger partial charge on any atom is -0.481 e. The quantitative estimate of drug-likeness (QED) is 0.489. The van der Waals surface area contributed by atoms with Gasteiger partial charge < -0.3 is 20.5 Å². The minimum atomic E-state index is -0.747. The molecule has 0 aromatic rings. The Balaban J connectivity index is 3.17. The van der Waals surface area contributed by atoms with Gasteiger partial charge in [-0.3, -0.25) is 4.79 Å². The van der Waals surface area contributed by atoms with Crippen LogP contribution in [0.25, 0.3) is 0 Å². The predicted molar refractivity (Wildman–Crippen MR) is 68.6 cm³/mol. The highest BCUT2D eigenvalue weighted by Crippen LogP contribution is 2.01. The SMILES string of the molecule is COCCCNC(=O)NCCCCCCC(=O)O. The second-order valence-electron chi connectivity index (χ2n) is 4.09. The highest BCUT2D eigenvalue weighted by atomic mass is 16.5. The maximum Gasteiger partial charge on any atom is 0.314 e. The molecule has 0 aromatic carbocycles. The van der Waals surface area contributed by atoms with E-state index >= 15 is 0 Å². The number of carboxylic acid groups (broad SMARTS) is 1. The standard InChI is InChI=1S/C12H24N2O4/c1-18-10-6-9-14-12(17)13-8-5-3-2-4-7-11(15)16/h2-10H2,1H3,(H,15,16)(H2,13,14,17). The van der Waals surface area contributed by atoms with E-state index in [1.165, 1.54) is 0 Å². The number of methoxy groups -OCH3 is 1. The molecule has 0 saturated heterocycles. The Hall–Kier alpha value is -1.30. The van der Waals surface area contributed by atoms with Gasteiger partial charge >= 0.3 is 12.0 Å². The molecule has 0 aliphatic carbocycles. The second-order valence-corrected chi connectivity index (χ2v) is 4.09. The first kappa shape index (κ1) is 16.7. The topological polar surface area (TPSA) is 87.7 Å². The van der Waals surface area contributed by atoms with Crippen LogP contribution < -0.4 is 10.6 Å². The number of hydrogen-bond donors (Lipinski definition) is 3. The molecule has 0 radical (unpaired) electrons. The van der Waals surface area contributed by atoms with Gasteiger partial charge in [-0.05, 0) is 19.3 Å². The van der Waals surface area contributed by atoms with Crippen molar-refractivity contribution in [3.8, 4) is 0 Å². The van der Waals surface area contributed by atoms with Crippen molar-refractivity contribution in [1.29, 1.82) is 0 Å². The molecule has 0 heterocycles. The van der Waals surface area contributed by atoms with Crippen LogP contribution in [0.15, 0.2) is 0 Å². The van der Waals surface area contributed by atoms with Crippen LogP contribution in [0.1, 0.15) is 38.5 Å². The summed E-state index contributed by atoms with van der Waals surface area (Å²) < 4.78 is 4.86. The number of aliphatic carboxylic acids is 1. The van der Waals surface area contributed by atoms with Crippen LogP contribution in [0.3, 0.4) is 0 Å². The van der Waals surface area contributed by atoms with E-state index in [0.717, 1.165) is 25.7 Å². The van der Waals surface area contributed by atoms with Gasteiger partial charge in [0.15, 0.2) is 0 Å². The summed E-state index contributed by atoms with van der Waals surface area (Å²) in [6, 6.07) is -0.156. The lowest BCUT2D eigenvalue weighted by Gasteiger charge is -2.07. The van der Waals surface area contributed by atoms with E-state index in [1.54, 1.807) is 7.11 Å².